The van der Waals surface area contributed by atoms with Gasteiger partial charge in [-0.25, -0.2) is 4.98 Å². The van der Waals surface area contributed by atoms with Gasteiger partial charge in [0.1, 0.15) is 0 Å². The molecule has 0 spiro atoms. The topological polar surface area (TPSA) is 58.1 Å². The van der Waals surface area contributed by atoms with Crippen molar-refractivity contribution in [2.75, 3.05) is 18.4 Å². The van der Waals surface area contributed by atoms with Gasteiger partial charge >= 0.3 is 0 Å². The number of carbonyl (C=O) groups is 1. The Balaban J connectivity index is 1.57. The second kappa shape index (κ2) is 8.06. The summed E-state index contributed by atoms with van der Waals surface area (Å²) in [5, 5.41) is 3.45. The zero-order chi connectivity index (χ0) is 17.8. The maximum absolute atomic E-state index is 11.1. The Hall–Kier alpha value is -1.79. The molecule has 6 heteroatoms. The van der Waals surface area contributed by atoms with Crippen LogP contribution in [0.4, 0.5) is 5.13 Å². The van der Waals surface area contributed by atoms with Crippen LogP contribution in [0.15, 0.2) is 18.3 Å². The summed E-state index contributed by atoms with van der Waals surface area (Å²) in [5.41, 5.74) is 3.62. The van der Waals surface area contributed by atoms with Gasteiger partial charge in [-0.3, -0.25) is 14.7 Å². The van der Waals surface area contributed by atoms with E-state index in [1.165, 1.54) is 30.2 Å². The van der Waals surface area contributed by atoms with Crippen LogP contribution in [-0.4, -0.2) is 33.9 Å². The number of hydrogen-bond donors (Lipinski definition) is 1. The lowest BCUT2D eigenvalue weighted by molar-refractivity contribution is -0.114. The Morgan fingerprint density at radius 3 is 2.84 bits per heavy atom. The molecule has 3 heterocycles. The molecule has 134 valence electrons. The Morgan fingerprint density at radius 2 is 2.12 bits per heavy atom. The van der Waals surface area contributed by atoms with E-state index < -0.39 is 0 Å². The average Bonchev–Trinajstić information content (AvgIpc) is 2.92. The number of pyridine rings is 1. The van der Waals surface area contributed by atoms with Crippen LogP contribution in [0.1, 0.15) is 41.6 Å². The molecule has 0 aromatic carbocycles. The predicted octanol–water partition coefficient (Wildman–Crippen LogP) is 3.57. The number of piperidine rings is 1. The first-order valence-corrected chi connectivity index (χ1v) is 9.68. The molecule has 0 aliphatic carbocycles. The highest BCUT2D eigenvalue weighted by atomic mass is 32.1. The van der Waals surface area contributed by atoms with Crippen LogP contribution in [0.2, 0.25) is 0 Å². The first kappa shape index (κ1) is 18.0. The number of likely N-dealkylation sites (tertiary alicyclic amines) is 1. The van der Waals surface area contributed by atoms with Gasteiger partial charge in [0.2, 0.25) is 5.91 Å². The monoisotopic (exact) mass is 358 g/mol. The Kier molecular flexibility index (Phi) is 5.81. The maximum atomic E-state index is 11.1. The second-order valence-electron chi connectivity index (χ2n) is 7.02. The van der Waals surface area contributed by atoms with Crippen molar-refractivity contribution in [2.45, 2.75) is 46.6 Å². The smallest absolute Gasteiger partial charge is 0.223 e. The van der Waals surface area contributed by atoms with Crippen LogP contribution in [0.5, 0.6) is 0 Å². The molecule has 0 bridgehead atoms. The molecule has 1 amide bonds. The lowest BCUT2D eigenvalue weighted by Crippen LogP contribution is -2.35. The van der Waals surface area contributed by atoms with Crippen molar-refractivity contribution >= 4 is 22.4 Å². The molecule has 2 aromatic heterocycles. The number of aromatic nitrogens is 2. The Labute approximate surface area is 153 Å². The quantitative estimate of drug-likeness (QED) is 0.888. The molecule has 3 rings (SSSR count). The van der Waals surface area contributed by atoms with E-state index in [0.717, 1.165) is 37.4 Å². The number of hydrogen-bond acceptors (Lipinski definition) is 5. The number of amides is 1. The summed E-state index contributed by atoms with van der Waals surface area (Å²) in [7, 11) is 0. The third-order valence-electron chi connectivity index (χ3n) is 4.48. The fraction of sp³-hybridized carbons (Fsp3) is 0.526. The van der Waals surface area contributed by atoms with E-state index >= 15 is 0 Å². The van der Waals surface area contributed by atoms with Crippen LogP contribution < -0.4 is 5.32 Å². The van der Waals surface area contributed by atoms with Gasteiger partial charge in [-0.1, -0.05) is 0 Å². The molecule has 1 fully saturated rings. The van der Waals surface area contributed by atoms with E-state index in [2.05, 4.69) is 46.2 Å². The number of anilines is 1. The number of carbonyl (C=O) groups excluding carboxylic acids is 1. The zero-order valence-electron chi connectivity index (χ0n) is 15.2. The molecule has 0 saturated carbocycles. The molecular weight excluding hydrogens is 332 g/mol. The predicted molar refractivity (Wildman–Crippen MR) is 102 cm³/mol. The molecule has 25 heavy (non-hydrogen) atoms. The summed E-state index contributed by atoms with van der Waals surface area (Å²) < 4.78 is 0. The van der Waals surface area contributed by atoms with Gasteiger partial charge in [0.25, 0.3) is 0 Å². The summed E-state index contributed by atoms with van der Waals surface area (Å²) in [5.74, 6) is 0.625. The molecule has 5 nitrogen and oxygen atoms in total. The first-order chi connectivity index (χ1) is 12.0. The van der Waals surface area contributed by atoms with Gasteiger partial charge in [-0.05, 0) is 63.3 Å². The van der Waals surface area contributed by atoms with Gasteiger partial charge in [0, 0.05) is 42.5 Å². The van der Waals surface area contributed by atoms with Crippen molar-refractivity contribution in [1.29, 1.82) is 0 Å². The number of nitrogens with zero attached hydrogens (tertiary/aromatic N) is 3. The molecule has 1 aliphatic rings. The summed E-state index contributed by atoms with van der Waals surface area (Å²) >= 11 is 1.57. The number of rotatable bonds is 5. The van der Waals surface area contributed by atoms with Crippen LogP contribution in [0.3, 0.4) is 0 Å². The van der Waals surface area contributed by atoms with E-state index in [9.17, 15) is 4.79 Å². The lowest BCUT2D eigenvalue weighted by Gasteiger charge is -2.32. The molecule has 1 aliphatic heterocycles. The third kappa shape index (κ3) is 5.34. The normalized spacial score (nSPS) is 18.3. The summed E-state index contributed by atoms with van der Waals surface area (Å²) in [4.78, 5) is 23.6. The Bertz CT molecular complexity index is 723. The average molecular weight is 359 g/mol. The zero-order valence-corrected chi connectivity index (χ0v) is 16.0. The molecule has 1 unspecified atom stereocenters. The van der Waals surface area contributed by atoms with Crippen molar-refractivity contribution in [1.82, 2.24) is 14.9 Å². The minimum absolute atomic E-state index is 0.0677. The number of nitrogens with one attached hydrogen (secondary N) is 1. The van der Waals surface area contributed by atoms with Gasteiger partial charge in [-0.15, -0.1) is 11.3 Å². The van der Waals surface area contributed by atoms with Gasteiger partial charge < -0.3 is 5.32 Å². The SMILES string of the molecule is CC(=O)Nc1ncc(CN2CCCC(Cc3cc(C)nc(C)c3)C2)s1. The second-order valence-corrected chi connectivity index (χ2v) is 8.13. The fourth-order valence-electron chi connectivity index (χ4n) is 3.64. The molecule has 1 N–H and O–H groups in total. The molecule has 1 saturated heterocycles. The minimum Gasteiger partial charge on any atom is -0.302 e. The van der Waals surface area contributed by atoms with E-state index in [1.807, 2.05) is 6.20 Å². The number of thiazole rings is 1. The molecule has 2 aromatic rings. The van der Waals surface area contributed by atoms with E-state index in [-0.39, 0.29) is 5.91 Å². The minimum atomic E-state index is -0.0677. The third-order valence-corrected chi connectivity index (χ3v) is 5.38. The van der Waals surface area contributed by atoms with E-state index in [4.69, 9.17) is 0 Å². The highest BCUT2D eigenvalue weighted by Gasteiger charge is 2.21. The molecule has 0 radical (unpaired) electrons. The van der Waals surface area contributed by atoms with E-state index in [0.29, 0.717) is 11.0 Å². The van der Waals surface area contributed by atoms with Crippen molar-refractivity contribution in [3.8, 4) is 0 Å². The highest BCUT2D eigenvalue weighted by Crippen LogP contribution is 2.25. The molecule has 1 atom stereocenters. The van der Waals surface area contributed by atoms with Crippen molar-refractivity contribution in [2.24, 2.45) is 5.92 Å². The van der Waals surface area contributed by atoms with Crippen LogP contribution in [0.25, 0.3) is 0 Å². The highest BCUT2D eigenvalue weighted by molar-refractivity contribution is 7.15. The van der Waals surface area contributed by atoms with Crippen molar-refractivity contribution in [3.63, 3.8) is 0 Å². The summed E-state index contributed by atoms with van der Waals surface area (Å²) in [6.07, 6.45) is 5.54. The van der Waals surface area contributed by atoms with Gasteiger partial charge in [0.15, 0.2) is 5.13 Å². The largest absolute Gasteiger partial charge is 0.302 e. The van der Waals surface area contributed by atoms with Gasteiger partial charge in [0.05, 0.1) is 0 Å². The Morgan fingerprint density at radius 1 is 1.36 bits per heavy atom. The lowest BCUT2D eigenvalue weighted by atomic mass is 9.91. The fourth-order valence-corrected chi connectivity index (χ4v) is 4.54. The van der Waals surface area contributed by atoms with Crippen LogP contribution in [-0.2, 0) is 17.8 Å². The molecular formula is C19H26N4OS. The van der Waals surface area contributed by atoms with Crippen LogP contribution in [0, 0.1) is 19.8 Å². The van der Waals surface area contributed by atoms with Crippen molar-refractivity contribution in [3.05, 3.63) is 40.2 Å². The van der Waals surface area contributed by atoms with Crippen molar-refractivity contribution < 1.29 is 4.79 Å². The van der Waals surface area contributed by atoms with Gasteiger partial charge in [-0.2, -0.15) is 0 Å². The number of aryl methyl sites for hydroxylation is 2. The summed E-state index contributed by atoms with van der Waals surface area (Å²) in [6.45, 7) is 8.83. The van der Waals surface area contributed by atoms with Crippen LogP contribution >= 0.6 is 11.3 Å². The first-order valence-electron chi connectivity index (χ1n) is 8.87. The maximum Gasteiger partial charge on any atom is 0.223 e. The summed E-state index contributed by atoms with van der Waals surface area (Å²) in [6, 6.07) is 4.43. The van der Waals surface area contributed by atoms with E-state index in [1.54, 1.807) is 11.3 Å². The standard InChI is InChI=1S/C19H26N4OS/c1-13-7-17(8-14(2)21-13)9-16-5-4-6-23(11-16)12-18-10-20-19(25-18)22-15(3)24/h7-8,10,16H,4-6,9,11-12H2,1-3H3,(H,20,22,24).